The summed E-state index contributed by atoms with van der Waals surface area (Å²) in [7, 11) is 0. The summed E-state index contributed by atoms with van der Waals surface area (Å²) in [6.07, 6.45) is 11.7. The number of dihydropyridines is 1. The molecule has 1 nitrogen and oxygen atoms in total. The number of rotatable bonds is 1. The molecule has 0 aromatic rings. The smallest absolute Gasteiger partial charge is 0.0333 e. The normalized spacial score (nSPS) is 24.7. The van der Waals surface area contributed by atoms with Crippen LogP contribution in [0, 0.1) is 5.92 Å². The summed E-state index contributed by atoms with van der Waals surface area (Å²) in [5.74, 6) is 0.831. The standard InChI is InChI=1S/C12H19N/c1-10-7-8-13-12(9-10)11-5-3-2-4-6-11/h7,9,11,13H,2-6,8H2,1H3. The van der Waals surface area contributed by atoms with Gasteiger partial charge in [0.05, 0.1) is 0 Å². The van der Waals surface area contributed by atoms with Crippen LogP contribution in [0.15, 0.2) is 23.4 Å². The van der Waals surface area contributed by atoms with Gasteiger partial charge in [-0.1, -0.05) is 30.9 Å². The van der Waals surface area contributed by atoms with E-state index in [-0.39, 0.29) is 0 Å². The lowest BCUT2D eigenvalue weighted by molar-refractivity contribution is 0.387. The van der Waals surface area contributed by atoms with Gasteiger partial charge in [0.25, 0.3) is 0 Å². The highest BCUT2D eigenvalue weighted by molar-refractivity contribution is 5.27. The zero-order chi connectivity index (χ0) is 9.10. The lowest BCUT2D eigenvalue weighted by atomic mass is 9.85. The maximum Gasteiger partial charge on any atom is 0.0333 e. The largest absolute Gasteiger partial charge is 0.385 e. The molecular formula is C12H19N. The first-order valence-electron chi connectivity index (χ1n) is 5.48. The monoisotopic (exact) mass is 177 g/mol. The van der Waals surface area contributed by atoms with E-state index in [2.05, 4.69) is 24.4 Å². The van der Waals surface area contributed by atoms with Crippen LogP contribution >= 0.6 is 0 Å². The molecule has 0 bridgehead atoms. The maximum atomic E-state index is 3.50. The summed E-state index contributed by atoms with van der Waals surface area (Å²) in [5, 5.41) is 3.50. The fourth-order valence-corrected chi connectivity index (χ4v) is 2.36. The molecule has 0 amide bonds. The summed E-state index contributed by atoms with van der Waals surface area (Å²) in [5.41, 5.74) is 2.93. The van der Waals surface area contributed by atoms with E-state index in [1.54, 1.807) is 0 Å². The van der Waals surface area contributed by atoms with Crippen LogP contribution in [0.2, 0.25) is 0 Å². The van der Waals surface area contributed by atoms with Crippen molar-refractivity contribution >= 4 is 0 Å². The lowest BCUT2D eigenvalue weighted by Gasteiger charge is -2.27. The fraction of sp³-hybridized carbons (Fsp3) is 0.667. The molecule has 1 fully saturated rings. The molecule has 1 saturated carbocycles. The third kappa shape index (κ3) is 2.15. The highest BCUT2D eigenvalue weighted by Gasteiger charge is 2.18. The quantitative estimate of drug-likeness (QED) is 0.649. The van der Waals surface area contributed by atoms with Crippen molar-refractivity contribution in [2.75, 3.05) is 6.54 Å². The van der Waals surface area contributed by atoms with Gasteiger partial charge in [-0.15, -0.1) is 0 Å². The van der Waals surface area contributed by atoms with Crippen LogP contribution in [0.3, 0.4) is 0 Å². The lowest BCUT2D eigenvalue weighted by Crippen LogP contribution is -2.24. The zero-order valence-electron chi connectivity index (χ0n) is 8.47. The van der Waals surface area contributed by atoms with Gasteiger partial charge in [0, 0.05) is 12.2 Å². The molecule has 0 spiro atoms. The topological polar surface area (TPSA) is 12.0 Å². The van der Waals surface area contributed by atoms with Gasteiger partial charge < -0.3 is 5.32 Å². The molecule has 1 heteroatoms. The van der Waals surface area contributed by atoms with Crippen LogP contribution in [-0.4, -0.2) is 6.54 Å². The molecule has 1 heterocycles. The molecule has 0 radical (unpaired) electrons. The van der Waals surface area contributed by atoms with Crippen molar-refractivity contribution in [2.24, 2.45) is 5.92 Å². The van der Waals surface area contributed by atoms with E-state index in [1.807, 2.05) is 0 Å². The minimum Gasteiger partial charge on any atom is -0.385 e. The molecule has 1 aliphatic heterocycles. The van der Waals surface area contributed by atoms with E-state index < -0.39 is 0 Å². The molecule has 0 unspecified atom stereocenters. The summed E-state index contributed by atoms with van der Waals surface area (Å²) in [4.78, 5) is 0. The van der Waals surface area contributed by atoms with Crippen LogP contribution in [-0.2, 0) is 0 Å². The minimum atomic E-state index is 0.831. The van der Waals surface area contributed by atoms with Crippen LogP contribution in [0.25, 0.3) is 0 Å². The number of hydrogen-bond acceptors (Lipinski definition) is 1. The molecule has 1 aliphatic carbocycles. The zero-order valence-corrected chi connectivity index (χ0v) is 8.47. The third-order valence-electron chi connectivity index (χ3n) is 3.16. The second-order valence-corrected chi connectivity index (χ2v) is 4.26. The number of allylic oxidation sites excluding steroid dienone is 3. The average Bonchev–Trinajstić information content (AvgIpc) is 2.19. The maximum absolute atomic E-state index is 3.50. The predicted molar refractivity (Wildman–Crippen MR) is 56.4 cm³/mol. The highest BCUT2D eigenvalue weighted by Crippen LogP contribution is 2.29. The Hall–Kier alpha value is -0.720. The molecule has 0 saturated heterocycles. The molecular weight excluding hydrogens is 158 g/mol. The Labute approximate surface area is 80.9 Å². The molecule has 13 heavy (non-hydrogen) atoms. The Bertz CT molecular complexity index is 232. The van der Waals surface area contributed by atoms with Crippen molar-refractivity contribution in [3.63, 3.8) is 0 Å². The van der Waals surface area contributed by atoms with Crippen molar-refractivity contribution in [3.8, 4) is 0 Å². The van der Waals surface area contributed by atoms with Crippen LogP contribution in [0.1, 0.15) is 39.0 Å². The van der Waals surface area contributed by atoms with Crippen molar-refractivity contribution in [2.45, 2.75) is 39.0 Å². The van der Waals surface area contributed by atoms with Gasteiger partial charge in [0.15, 0.2) is 0 Å². The first kappa shape index (κ1) is 8.86. The average molecular weight is 177 g/mol. The van der Waals surface area contributed by atoms with Gasteiger partial charge in [-0.3, -0.25) is 0 Å². The molecule has 1 N–H and O–H groups in total. The summed E-state index contributed by atoms with van der Waals surface area (Å²) < 4.78 is 0. The molecule has 2 aliphatic rings. The number of nitrogens with one attached hydrogen (secondary N) is 1. The summed E-state index contributed by atoms with van der Waals surface area (Å²) in [6.45, 7) is 3.23. The van der Waals surface area contributed by atoms with Gasteiger partial charge in [-0.25, -0.2) is 0 Å². The fourth-order valence-electron chi connectivity index (χ4n) is 2.36. The van der Waals surface area contributed by atoms with Crippen molar-refractivity contribution in [1.29, 1.82) is 0 Å². The molecule has 72 valence electrons. The van der Waals surface area contributed by atoms with Crippen LogP contribution < -0.4 is 5.32 Å². The van der Waals surface area contributed by atoms with Gasteiger partial charge in [0.1, 0.15) is 0 Å². The Morgan fingerprint density at radius 2 is 2.00 bits per heavy atom. The highest BCUT2D eigenvalue weighted by atomic mass is 14.9. The van der Waals surface area contributed by atoms with Gasteiger partial charge in [-0.2, -0.15) is 0 Å². The molecule has 2 rings (SSSR count). The second-order valence-electron chi connectivity index (χ2n) is 4.26. The second kappa shape index (κ2) is 3.99. The summed E-state index contributed by atoms with van der Waals surface area (Å²) in [6, 6.07) is 0. The molecule has 0 aromatic carbocycles. The number of hydrogen-bond donors (Lipinski definition) is 1. The van der Waals surface area contributed by atoms with Crippen molar-refractivity contribution in [1.82, 2.24) is 5.32 Å². The SMILES string of the molecule is CC1=CCNC(C2CCCCC2)=C1. The Morgan fingerprint density at radius 3 is 2.69 bits per heavy atom. The summed E-state index contributed by atoms with van der Waals surface area (Å²) >= 11 is 0. The van der Waals surface area contributed by atoms with E-state index in [0.29, 0.717) is 0 Å². The molecule has 0 atom stereocenters. The van der Waals surface area contributed by atoms with Crippen LogP contribution in [0.4, 0.5) is 0 Å². The van der Waals surface area contributed by atoms with E-state index in [1.165, 1.54) is 43.4 Å². The van der Waals surface area contributed by atoms with E-state index in [4.69, 9.17) is 0 Å². The Balaban J connectivity index is 2.02. The Morgan fingerprint density at radius 1 is 1.23 bits per heavy atom. The van der Waals surface area contributed by atoms with E-state index >= 15 is 0 Å². The van der Waals surface area contributed by atoms with Crippen LogP contribution in [0.5, 0.6) is 0 Å². The van der Waals surface area contributed by atoms with Gasteiger partial charge >= 0.3 is 0 Å². The molecule has 0 aromatic heterocycles. The van der Waals surface area contributed by atoms with E-state index in [9.17, 15) is 0 Å². The van der Waals surface area contributed by atoms with Gasteiger partial charge in [0.2, 0.25) is 0 Å². The Kier molecular flexibility index (Phi) is 2.72. The van der Waals surface area contributed by atoms with Crippen molar-refractivity contribution in [3.05, 3.63) is 23.4 Å². The third-order valence-corrected chi connectivity index (χ3v) is 3.16. The van der Waals surface area contributed by atoms with Crippen molar-refractivity contribution < 1.29 is 0 Å². The predicted octanol–water partition coefficient (Wildman–Crippen LogP) is 3.00. The minimum absolute atomic E-state index is 0.831. The van der Waals surface area contributed by atoms with E-state index in [0.717, 1.165) is 12.5 Å². The first-order valence-corrected chi connectivity index (χ1v) is 5.48. The van der Waals surface area contributed by atoms with Gasteiger partial charge in [-0.05, 0) is 31.8 Å². The first-order chi connectivity index (χ1) is 6.36.